The fourth-order valence-electron chi connectivity index (χ4n) is 4.97. The molecule has 46 heavy (non-hydrogen) atoms. The number of halogens is 1. The largest absolute Gasteiger partial charge is 0.497 e. The minimum absolute atomic E-state index is 0.0144. The highest BCUT2D eigenvalue weighted by Gasteiger charge is 2.35. The van der Waals surface area contributed by atoms with E-state index in [1.807, 2.05) is 57.2 Å². The van der Waals surface area contributed by atoms with Gasteiger partial charge in [-0.25, -0.2) is 8.42 Å². The number of benzene rings is 4. The molecule has 0 saturated heterocycles. The van der Waals surface area contributed by atoms with E-state index in [1.165, 1.54) is 17.0 Å². The van der Waals surface area contributed by atoms with Gasteiger partial charge in [0.1, 0.15) is 18.3 Å². The normalized spacial score (nSPS) is 12.5. The maximum Gasteiger partial charge on any atom is 0.264 e. The molecule has 0 fully saturated rings. The number of carbonyl (C=O) groups is 2. The van der Waals surface area contributed by atoms with Gasteiger partial charge in [0.05, 0.1) is 22.7 Å². The topological polar surface area (TPSA) is 96.0 Å². The number of nitrogens with zero attached hydrogens (tertiary/aromatic N) is 2. The Morgan fingerprint density at radius 2 is 1.54 bits per heavy atom. The Hall–Kier alpha value is -4.34. The van der Waals surface area contributed by atoms with Gasteiger partial charge in [0.2, 0.25) is 11.8 Å². The number of aryl methyl sites for hydroxylation is 1. The van der Waals surface area contributed by atoms with E-state index in [0.717, 1.165) is 15.4 Å². The molecule has 0 saturated carbocycles. The first-order valence-electron chi connectivity index (χ1n) is 15.1. The number of sulfonamides is 1. The SMILES string of the molecule is CC[C@@H](C)NC(=O)[C@H](Cc1ccccc1)N(Cc1cccc(OC)c1)C(=O)CN(c1ccccc1Cl)S(=O)(=O)c1ccc(C)cc1. The lowest BCUT2D eigenvalue weighted by Crippen LogP contribution is -2.54. The van der Waals surface area contributed by atoms with Crippen molar-refractivity contribution >= 4 is 39.1 Å². The highest BCUT2D eigenvalue weighted by Crippen LogP contribution is 2.31. The van der Waals surface area contributed by atoms with Gasteiger partial charge in [-0.1, -0.05) is 90.8 Å². The van der Waals surface area contributed by atoms with Crippen LogP contribution < -0.4 is 14.4 Å². The van der Waals surface area contributed by atoms with E-state index in [4.69, 9.17) is 16.3 Å². The molecule has 0 radical (unpaired) electrons. The van der Waals surface area contributed by atoms with Crippen molar-refractivity contribution in [3.05, 3.63) is 125 Å². The predicted octanol–water partition coefficient (Wildman–Crippen LogP) is 6.41. The maximum absolute atomic E-state index is 14.6. The summed E-state index contributed by atoms with van der Waals surface area (Å²) in [7, 11) is -2.70. The fourth-order valence-corrected chi connectivity index (χ4v) is 6.69. The number of carbonyl (C=O) groups excluding carboxylic acids is 2. The van der Waals surface area contributed by atoms with E-state index in [2.05, 4.69) is 5.32 Å². The Bertz CT molecular complexity index is 1730. The molecule has 0 heterocycles. The van der Waals surface area contributed by atoms with Crippen LogP contribution in [0.3, 0.4) is 0 Å². The van der Waals surface area contributed by atoms with Crippen molar-refractivity contribution in [2.45, 2.75) is 57.1 Å². The summed E-state index contributed by atoms with van der Waals surface area (Å²) in [6, 6.07) is 28.5. The van der Waals surface area contributed by atoms with Gasteiger partial charge in [-0.2, -0.15) is 0 Å². The van der Waals surface area contributed by atoms with Crippen LogP contribution >= 0.6 is 11.6 Å². The number of nitrogens with one attached hydrogen (secondary N) is 1. The molecular weight excluding hydrogens is 622 g/mol. The second-order valence-corrected chi connectivity index (χ2v) is 13.4. The van der Waals surface area contributed by atoms with Gasteiger partial charge in [-0.15, -0.1) is 0 Å². The van der Waals surface area contributed by atoms with E-state index in [9.17, 15) is 18.0 Å². The third-order valence-electron chi connectivity index (χ3n) is 7.77. The molecule has 0 aliphatic heterocycles. The number of anilines is 1. The molecule has 8 nitrogen and oxygen atoms in total. The van der Waals surface area contributed by atoms with Crippen LogP contribution in [0, 0.1) is 6.92 Å². The number of rotatable bonds is 14. The second-order valence-electron chi connectivity index (χ2n) is 11.2. The average molecular weight is 662 g/mol. The smallest absolute Gasteiger partial charge is 0.264 e. The van der Waals surface area contributed by atoms with Gasteiger partial charge in [-0.05, 0) is 67.8 Å². The molecule has 4 aromatic carbocycles. The van der Waals surface area contributed by atoms with E-state index >= 15 is 0 Å². The van der Waals surface area contributed by atoms with Gasteiger partial charge in [0, 0.05) is 19.0 Å². The predicted molar refractivity (Wildman–Crippen MR) is 183 cm³/mol. The average Bonchev–Trinajstić information content (AvgIpc) is 3.06. The summed E-state index contributed by atoms with van der Waals surface area (Å²) in [5, 5.41) is 3.21. The number of para-hydroxylation sites is 1. The molecule has 0 bridgehead atoms. The van der Waals surface area contributed by atoms with Crippen LogP contribution in [0.1, 0.15) is 37.0 Å². The molecule has 4 aromatic rings. The molecule has 10 heteroatoms. The maximum atomic E-state index is 14.6. The van der Waals surface area contributed by atoms with E-state index < -0.39 is 28.5 Å². The summed E-state index contributed by atoms with van der Waals surface area (Å²) < 4.78 is 34.8. The first kappa shape index (κ1) is 34.5. The lowest BCUT2D eigenvalue weighted by molar-refractivity contribution is -0.140. The standard InChI is InChI=1S/C36H40ClN3O5S/c1-5-27(3)38-36(42)34(23-28-12-7-6-8-13-28)39(24-29-14-11-15-30(22-29)45-4)35(41)25-40(33-17-10-9-16-32(33)37)46(43,44)31-20-18-26(2)19-21-31/h6-22,27,34H,5,23-25H2,1-4H3,(H,38,42)/t27-,34+/m1/s1. The molecule has 0 aromatic heterocycles. The van der Waals surface area contributed by atoms with Crippen molar-refractivity contribution in [2.24, 2.45) is 0 Å². The minimum Gasteiger partial charge on any atom is -0.497 e. The fraction of sp³-hybridized carbons (Fsp3) is 0.278. The van der Waals surface area contributed by atoms with Gasteiger partial charge in [0.25, 0.3) is 10.0 Å². The Labute approximate surface area is 277 Å². The van der Waals surface area contributed by atoms with Crippen LogP contribution in [-0.4, -0.2) is 50.9 Å². The monoisotopic (exact) mass is 661 g/mol. The van der Waals surface area contributed by atoms with Crippen molar-refractivity contribution in [1.82, 2.24) is 10.2 Å². The molecule has 0 aliphatic carbocycles. The summed E-state index contributed by atoms with van der Waals surface area (Å²) in [5.41, 5.74) is 2.61. The van der Waals surface area contributed by atoms with Gasteiger partial charge in [-0.3, -0.25) is 13.9 Å². The molecule has 1 N–H and O–H groups in total. The molecule has 0 aliphatic rings. The molecular formula is C36H40ClN3O5S. The zero-order valence-corrected chi connectivity index (χ0v) is 28.1. The molecule has 2 atom stereocenters. The van der Waals surface area contributed by atoms with Gasteiger partial charge in [0.15, 0.2) is 0 Å². The molecule has 0 spiro atoms. The minimum atomic E-state index is -4.25. The summed E-state index contributed by atoms with van der Waals surface area (Å²) in [6.07, 6.45) is 0.915. The second kappa shape index (κ2) is 15.8. The van der Waals surface area contributed by atoms with E-state index in [1.54, 1.807) is 61.7 Å². The van der Waals surface area contributed by atoms with Crippen molar-refractivity contribution in [3.63, 3.8) is 0 Å². The Morgan fingerprint density at radius 1 is 0.891 bits per heavy atom. The third kappa shape index (κ3) is 8.68. The number of methoxy groups -OCH3 is 1. The molecule has 242 valence electrons. The van der Waals surface area contributed by atoms with Crippen molar-refractivity contribution in [3.8, 4) is 5.75 Å². The first-order chi connectivity index (χ1) is 22.0. The Kier molecular flexibility index (Phi) is 11.8. The van der Waals surface area contributed by atoms with Crippen LogP contribution in [0.5, 0.6) is 5.75 Å². The summed E-state index contributed by atoms with van der Waals surface area (Å²) in [4.78, 5) is 30.0. The zero-order chi connectivity index (χ0) is 33.3. The van der Waals surface area contributed by atoms with Crippen molar-refractivity contribution < 1.29 is 22.7 Å². The third-order valence-corrected chi connectivity index (χ3v) is 9.86. The lowest BCUT2D eigenvalue weighted by Gasteiger charge is -2.34. The summed E-state index contributed by atoms with van der Waals surface area (Å²) >= 11 is 6.55. The quantitative estimate of drug-likeness (QED) is 0.169. The highest BCUT2D eigenvalue weighted by atomic mass is 35.5. The lowest BCUT2D eigenvalue weighted by atomic mass is 10.0. The molecule has 4 rings (SSSR count). The van der Waals surface area contributed by atoms with Crippen molar-refractivity contribution in [1.29, 1.82) is 0 Å². The van der Waals surface area contributed by atoms with Crippen LogP contribution in [0.15, 0.2) is 108 Å². The number of hydrogen-bond donors (Lipinski definition) is 1. The molecule has 2 amide bonds. The Morgan fingerprint density at radius 3 is 2.20 bits per heavy atom. The zero-order valence-electron chi connectivity index (χ0n) is 26.5. The number of amides is 2. The van der Waals surface area contributed by atoms with E-state index in [-0.39, 0.29) is 40.5 Å². The summed E-state index contributed by atoms with van der Waals surface area (Å²) in [6.45, 7) is 5.17. The summed E-state index contributed by atoms with van der Waals surface area (Å²) in [5.74, 6) is -0.313. The number of hydrogen-bond acceptors (Lipinski definition) is 5. The van der Waals surface area contributed by atoms with Crippen LogP contribution in [0.2, 0.25) is 5.02 Å². The van der Waals surface area contributed by atoms with Crippen LogP contribution in [-0.2, 0) is 32.6 Å². The van der Waals surface area contributed by atoms with Crippen LogP contribution in [0.25, 0.3) is 0 Å². The highest BCUT2D eigenvalue weighted by molar-refractivity contribution is 7.92. The van der Waals surface area contributed by atoms with Gasteiger partial charge < -0.3 is 15.0 Å². The first-order valence-corrected chi connectivity index (χ1v) is 17.0. The van der Waals surface area contributed by atoms with Crippen LogP contribution in [0.4, 0.5) is 5.69 Å². The van der Waals surface area contributed by atoms with Crippen molar-refractivity contribution in [2.75, 3.05) is 18.0 Å². The van der Waals surface area contributed by atoms with Gasteiger partial charge >= 0.3 is 0 Å². The Balaban J connectivity index is 1.83. The van der Waals surface area contributed by atoms with E-state index in [0.29, 0.717) is 17.7 Å². The number of ether oxygens (including phenoxy) is 1. The molecule has 0 unspecified atom stereocenters.